The summed E-state index contributed by atoms with van der Waals surface area (Å²) in [6.07, 6.45) is 0.169. The van der Waals surface area contributed by atoms with E-state index in [4.69, 9.17) is 0 Å². The van der Waals surface area contributed by atoms with Gasteiger partial charge >= 0.3 is 5.97 Å². The highest BCUT2D eigenvalue weighted by atomic mass is 16.5. The van der Waals surface area contributed by atoms with Gasteiger partial charge in [0.05, 0.1) is 13.1 Å². The average Bonchev–Trinajstić information content (AvgIpc) is 2.01. The third-order valence-electron chi connectivity index (χ3n) is 1.79. The van der Waals surface area contributed by atoms with Crippen molar-refractivity contribution in [1.29, 1.82) is 0 Å². The van der Waals surface area contributed by atoms with Crippen LogP contribution in [0, 0.1) is 5.41 Å². The lowest BCUT2D eigenvalue weighted by atomic mass is 9.88. The monoisotopic (exact) mass is 159 g/mol. The molecule has 0 saturated carbocycles. The van der Waals surface area contributed by atoms with Crippen LogP contribution in [0.4, 0.5) is 0 Å². The molecule has 1 atom stereocenters. The van der Waals surface area contributed by atoms with Crippen LogP contribution in [0.5, 0.6) is 0 Å². The second-order valence-corrected chi connectivity index (χ2v) is 2.46. The Morgan fingerprint density at radius 2 is 2.00 bits per heavy atom. The van der Waals surface area contributed by atoms with Gasteiger partial charge in [-0.25, -0.2) is 0 Å². The number of hydrogen-bond acceptors (Lipinski definition) is 4. The molecule has 0 radical (unpaired) electrons. The summed E-state index contributed by atoms with van der Waals surface area (Å²) >= 11 is 0. The maximum absolute atomic E-state index is 10.9. The van der Waals surface area contributed by atoms with Gasteiger partial charge < -0.3 is 14.6 Å². The van der Waals surface area contributed by atoms with Crippen molar-refractivity contribution in [3.05, 3.63) is 0 Å². The average molecular weight is 159 g/mol. The molecule has 0 bridgehead atoms. The molecule has 0 heterocycles. The highest BCUT2D eigenvalue weighted by molar-refractivity contribution is 5.97. The lowest BCUT2D eigenvalue weighted by Crippen LogP contribution is -2.46. The predicted octanol–water partition coefficient (Wildman–Crippen LogP) is -0.674. The normalized spacial score (nSPS) is 15.2. The van der Waals surface area contributed by atoms with Crippen LogP contribution in [0.1, 0.15) is 20.3 Å². The van der Waals surface area contributed by atoms with Gasteiger partial charge in [0.15, 0.2) is 0 Å². The molecule has 0 spiro atoms. The second kappa shape index (κ2) is 3.37. The Balaban J connectivity index is 4.59. The topological polar surface area (TPSA) is 66.4 Å². The molecule has 0 aliphatic heterocycles. The van der Waals surface area contributed by atoms with Crippen molar-refractivity contribution >= 4 is 11.9 Å². The molecule has 0 fully saturated rings. The van der Waals surface area contributed by atoms with E-state index >= 15 is 0 Å². The van der Waals surface area contributed by atoms with E-state index in [0.29, 0.717) is 0 Å². The highest BCUT2D eigenvalue weighted by Gasteiger charge is 2.33. The van der Waals surface area contributed by atoms with Gasteiger partial charge in [-0.05, 0) is 13.3 Å². The molecular weight excluding hydrogens is 148 g/mol. The van der Waals surface area contributed by atoms with Gasteiger partial charge in [-0.2, -0.15) is 0 Å². The summed E-state index contributed by atoms with van der Waals surface area (Å²) in [6, 6.07) is 0. The summed E-state index contributed by atoms with van der Waals surface area (Å²) in [4.78, 5) is 21.3. The molecule has 0 aromatic carbocycles. The Labute approximate surface area is 65.2 Å². The number of ether oxygens (including phenoxy) is 1. The highest BCUT2D eigenvalue weighted by Crippen LogP contribution is 2.21. The van der Waals surface area contributed by atoms with Crippen LogP contribution >= 0.6 is 0 Å². The zero-order valence-electron chi connectivity index (χ0n) is 6.84. The summed E-state index contributed by atoms with van der Waals surface area (Å²) in [6.45, 7) is 2.88. The lowest BCUT2D eigenvalue weighted by Gasteiger charge is -2.25. The van der Waals surface area contributed by atoms with Gasteiger partial charge in [-0.3, -0.25) is 4.79 Å². The fourth-order valence-corrected chi connectivity index (χ4v) is 0.597. The van der Waals surface area contributed by atoms with Gasteiger partial charge in [0, 0.05) is 0 Å². The van der Waals surface area contributed by atoms with Crippen molar-refractivity contribution < 1.29 is 19.4 Å². The van der Waals surface area contributed by atoms with E-state index < -0.39 is 17.4 Å². The number of rotatable bonds is 3. The standard InChI is InChI=1S/C7H12O4/c1-4-7(2,5(8)9)6(10)11-3/h4H2,1-3H3,(H,8,9)/p-1/t7-/m0/s1. The molecule has 4 nitrogen and oxygen atoms in total. The van der Waals surface area contributed by atoms with Crippen molar-refractivity contribution in [1.82, 2.24) is 0 Å². The first-order chi connectivity index (χ1) is 4.99. The second-order valence-electron chi connectivity index (χ2n) is 2.46. The zero-order valence-corrected chi connectivity index (χ0v) is 6.84. The Kier molecular flexibility index (Phi) is 3.04. The summed E-state index contributed by atoms with van der Waals surface area (Å²) in [5.41, 5.74) is -1.51. The smallest absolute Gasteiger partial charge is 0.317 e. The Hall–Kier alpha value is -1.06. The SMILES string of the molecule is CC[C@@](C)(C(=O)[O-])C(=O)OC. The predicted molar refractivity (Wildman–Crippen MR) is 35.4 cm³/mol. The van der Waals surface area contributed by atoms with Gasteiger partial charge in [-0.15, -0.1) is 0 Å². The number of methoxy groups -OCH3 is 1. The first-order valence-electron chi connectivity index (χ1n) is 3.29. The largest absolute Gasteiger partial charge is 0.549 e. The molecule has 0 unspecified atom stereocenters. The minimum absolute atomic E-state index is 0.169. The van der Waals surface area contributed by atoms with Gasteiger partial charge in [0.1, 0.15) is 5.41 Å². The van der Waals surface area contributed by atoms with Gasteiger partial charge in [0.25, 0.3) is 0 Å². The zero-order chi connectivity index (χ0) is 9.07. The van der Waals surface area contributed by atoms with E-state index in [1.54, 1.807) is 6.92 Å². The first-order valence-corrected chi connectivity index (χ1v) is 3.29. The van der Waals surface area contributed by atoms with Crippen molar-refractivity contribution in [2.45, 2.75) is 20.3 Å². The molecule has 64 valence electrons. The van der Waals surface area contributed by atoms with E-state index in [1.807, 2.05) is 0 Å². The number of hydrogen-bond donors (Lipinski definition) is 0. The Morgan fingerprint density at radius 3 is 2.09 bits per heavy atom. The molecule has 0 aromatic rings. The van der Waals surface area contributed by atoms with E-state index in [9.17, 15) is 14.7 Å². The van der Waals surface area contributed by atoms with Crippen molar-refractivity contribution in [2.24, 2.45) is 5.41 Å². The molecule has 0 aliphatic carbocycles. The quantitative estimate of drug-likeness (QED) is 0.404. The molecule has 0 rings (SSSR count). The van der Waals surface area contributed by atoms with Crippen LogP contribution in [0.25, 0.3) is 0 Å². The maximum Gasteiger partial charge on any atom is 0.317 e. The van der Waals surface area contributed by atoms with E-state index in [1.165, 1.54) is 6.92 Å². The van der Waals surface area contributed by atoms with Crippen molar-refractivity contribution in [3.8, 4) is 0 Å². The number of aliphatic carboxylic acids is 1. The van der Waals surface area contributed by atoms with E-state index in [0.717, 1.165) is 7.11 Å². The number of carbonyl (C=O) groups excluding carboxylic acids is 2. The molecular formula is C7H11O4-. The third-order valence-corrected chi connectivity index (χ3v) is 1.79. The molecule has 0 saturated heterocycles. The summed E-state index contributed by atoms with van der Waals surface area (Å²) in [5.74, 6) is -2.16. The first kappa shape index (κ1) is 9.94. The molecule has 11 heavy (non-hydrogen) atoms. The van der Waals surface area contributed by atoms with Crippen LogP contribution in [-0.4, -0.2) is 19.0 Å². The lowest BCUT2D eigenvalue weighted by molar-refractivity contribution is -0.317. The molecule has 0 N–H and O–H groups in total. The minimum atomic E-state index is -1.51. The molecule has 0 aliphatic rings. The molecule has 4 heteroatoms. The fourth-order valence-electron chi connectivity index (χ4n) is 0.597. The third kappa shape index (κ3) is 1.69. The van der Waals surface area contributed by atoms with Crippen LogP contribution in [0.15, 0.2) is 0 Å². The van der Waals surface area contributed by atoms with Crippen LogP contribution < -0.4 is 5.11 Å². The van der Waals surface area contributed by atoms with Gasteiger partial charge in [-0.1, -0.05) is 6.92 Å². The van der Waals surface area contributed by atoms with Crippen LogP contribution in [-0.2, 0) is 14.3 Å². The van der Waals surface area contributed by atoms with Crippen LogP contribution in [0.3, 0.4) is 0 Å². The van der Waals surface area contributed by atoms with Crippen LogP contribution in [0.2, 0.25) is 0 Å². The van der Waals surface area contributed by atoms with Gasteiger partial charge in [0.2, 0.25) is 0 Å². The molecule has 0 amide bonds. The van der Waals surface area contributed by atoms with Crippen molar-refractivity contribution in [3.63, 3.8) is 0 Å². The number of carboxylic acids is 1. The van der Waals surface area contributed by atoms with E-state index in [-0.39, 0.29) is 6.42 Å². The summed E-state index contributed by atoms with van der Waals surface area (Å²) in [7, 11) is 1.15. The van der Waals surface area contributed by atoms with Crippen molar-refractivity contribution in [2.75, 3.05) is 7.11 Å². The minimum Gasteiger partial charge on any atom is -0.549 e. The fraction of sp³-hybridized carbons (Fsp3) is 0.714. The Bertz CT molecular complexity index is 175. The van der Waals surface area contributed by atoms with E-state index in [2.05, 4.69) is 4.74 Å². The number of carbonyl (C=O) groups is 2. The summed E-state index contributed by atoms with van der Waals surface area (Å²) < 4.78 is 4.31. The maximum atomic E-state index is 10.9. The summed E-state index contributed by atoms with van der Waals surface area (Å²) in [5, 5.41) is 10.4. The number of esters is 1. The molecule has 0 aromatic heterocycles. The Morgan fingerprint density at radius 1 is 1.55 bits per heavy atom. The number of carboxylic acid groups (broad SMARTS) is 1.